The Bertz CT molecular complexity index is 7470. The van der Waals surface area contributed by atoms with Crippen molar-refractivity contribution >= 4 is 83.5 Å². The predicted octanol–water partition coefficient (Wildman–Crippen LogP) is 19.6. The number of pyridine rings is 1. The van der Waals surface area contributed by atoms with Crippen molar-refractivity contribution in [2.75, 3.05) is 0 Å². The number of rotatable bonds is 10. The summed E-state index contributed by atoms with van der Waals surface area (Å²) >= 11 is 0. The zero-order valence-electron chi connectivity index (χ0n) is 81.3. The molecule has 0 unspecified atom stereocenters. The molecular formula is C92H69N5OPtSi-2. The van der Waals surface area contributed by atoms with Crippen molar-refractivity contribution in [3.63, 3.8) is 0 Å². The van der Waals surface area contributed by atoms with Gasteiger partial charge in [0.25, 0.3) is 6.33 Å². The Morgan fingerprint density at radius 1 is 0.430 bits per heavy atom. The van der Waals surface area contributed by atoms with E-state index in [1.54, 1.807) is 41.1 Å². The Kier molecular flexibility index (Phi) is 9.59. The van der Waals surface area contributed by atoms with Crippen molar-refractivity contribution in [1.82, 2.24) is 18.7 Å². The molecular weight excluding hydrogens is 1410 g/mol. The zero-order valence-corrected chi connectivity index (χ0v) is 57.6. The van der Waals surface area contributed by atoms with Crippen molar-refractivity contribution < 1.29 is 67.4 Å². The summed E-state index contributed by atoms with van der Waals surface area (Å²) in [7, 11) is -6.54. The molecule has 0 atom stereocenters. The molecule has 0 N–H and O–H groups in total. The van der Waals surface area contributed by atoms with Crippen molar-refractivity contribution in [1.29, 1.82) is 0 Å². The van der Waals surface area contributed by atoms with Crippen LogP contribution in [0.4, 0.5) is 0 Å². The number of benzene rings is 13. The largest absolute Gasteiger partial charge is 0.510 e. The molecule has 484 valence electrons. The summed E-state index contributed by atoms with van der Waals surface area (Å²) in [6.45, 7) is 12.2. The second kappa shape index (κ2) is 24.3. The minimum atomic E-state index is -6.54. The number of nitrogens with zero attached hydrogens (tertiary/aromatic N) is 5. The summed E-state index contributed by atoms with van der Waals surface area (Å²) in [5.74, 6) is 0.857. The van der Waals surface area contributed by atoms with Gasteiger partial charge in [-0.3, -0.25) is 4.57 Å². The molecule has 0 spiro atoms. The van der Waals surface area contributed by atoms with Gasteiger partial charge in [-0.2, -0.15) is 18.2 Å². The number of imidazole rings is 1. The average molecular weight is 1510 g/mol. The van der Waals surface area contributed by atoms with Crippen molar-refractivity contribution in [3.8, 4) is 78.9 Å². The van der Waals surface area contributed by atoms with Crippen LogP contribution in [0.25, 0.3) is 122 Å². The van der Waals surface area contributed by atoms with Crippen molar-refractivity contribution in [3.05, 3.63) is 338 Å². The third kappa shape index (κ3) is 10.2. The van der Waals surface area contributed by atoms with Crippen LogP contribution in [0.15, 0.2) is 309 Å². The second-order valence-corrected chi connectivity index (χ2v) is 29.8. The van der Waals surface area contributed by atoms with Gasteiger partial charge in [-0.25, -0.2) is 4.98 Å². The van der Waals surface area contributed by atoms with Crippen LogP contribution in [0.5, 0.6) is 11.5 Å². The summed E-state index contributed by atoms with van der Waals surface area (Å²) in [5, 5.41) is -1.13. The Balaban J connectivity index is 0.0000114. The van der Waals surface area contributed by atoms with E-state index in [1.807, 2.05) is 127 Å². The van der Waals surface area contributed by atoms with Gasteiger partial charge in [-0.1, -0.05) is 277 Å². The van der Waals surface area contributed by atoms with Crippen LogP contribution in [0.1, 0.15) is 89.7 Å². The SMILES string of the molecule is [2H]c1c([2H])c([2H])c([Si](c2c([2H])c([2H])c([2H])c([2H])c2[2H])(c2c([2H])c([2H])c([2H])c([2H])c2[2H])c2c([2H])c([2H])c([2H])c(-c3cc4c5c(c3)n(-c3[c-]c(Oc6[c-]c7c(cc6)c6ccccc6n7-c6cc(C(C)(C)C)ccn6)ccc3)[c-][n+]5-c3c(cc(C(C)(C)C)cc3-n3c5ccccc5c5ccccc53)-c3c([2H])c([2H])c([2H])c([2H])c3-c3c([2H])c([2H])c([2H])c([2H])c3-4)c2[2H])c([2H])c1[2H].[Pt]. The van der Waals surface area contributed by atoms with Crippen LogP contribution >= 0.6 is 0 Å². The third-order valence-electron chi connectivity index (χ3n) is 18.4. The first-order valence-corrected chi connectivity index (χ1v) is 34.0. The molecule has 5 heterocycles. The Morgan fingerprint density at radius 3 is 1.56 bits per heavy atom. The van der Waals surface area contributed by atoms with Gasteiger partial charge < -0.3 is 18.4 Å². The van der Waals surface area contributed by atoms with Gasteiger partial charge in [0.1, 0.15) is 5.82 Å². The molecule has 4 aromatic heterocycles. The normalized spacial score (nSPS) is 16.0. The van der Waals surface area contributed by atoms with E-state index in [0.29, 0.717) is 33.6 Å². The molecule has 13 aromatic carbocycles. The summed E-state index contributed by atoms with van der Waals surface area (Å²) in [6, 6.07) is 20.1. The first-order valence-electron chi connectivity index (χ1n) is 45.5. The summed E-state index contributed by atoms with van der Waals surface area (Å²) in [4.78, 5) is 4.87. The number of fused-ring (bicyclic) bond motifs is 13. The molecule has 0 bridgehead atoms. The fourth-order valence-electron chi connectivity index (χ4n) is 13.8. The summed E-state index contributed by atoms with van der Waals surface area (Å²) in [5.41, 5.74) is 0.497. The van der Waals surface area contributed by atoms with E-state index in [0.717, 1.165) is 32.6 Å². The van der Waals surface area contributed by atoms with E-state index in [4.69, 9.17) is 13.8 Å². The van der Waals surface area contributed by atoms with Gasteiger partial charge >= 0.3 is 0 Å². The summed E-state index contributed by atoms with van der Waals surface area (Å²) < 4.78 is 279. The standard InChI is InChI=1S/C92H69N5OSi.Pt/c1-91(2,3)63-50-51-93-88(57-63)97-84-47-25-22-44-78(84)79-49-48-67(59-85(79)97)98-66-30-27-29-65(58-66)94-60-95-89-80(53-62(54-86(89)94)61-28-26-37-71(52-61)99(68-31-10-7-11-32-68,69-33-12-8-13-34-69)70-35-14-9-15-36-70)74-40-18-16-38-72(74)73-39-17-19-41-75(73)81-55-64(92(4,5)6)56-87(90(81)95)96-82-45-23-20-42-76(82)77-43-21-24-46-83(77)96;/h7-57H,1-6H3;/q-2;/i7D,8D,9D,10D,11D,12D,13D,14D,15D,16D,17D,18D,19D,26D,28D,31D,32D,33D,34D,35D,36D,37D,38D,39D,40D,41D,52D;. The molecule has 0 saturated heterocycles. The Morgan fingerprint density at radius 2 is 0.960 bits per heavy atom. The molecule has 0 aliphatic carbocycles. The molecule has 18 rings (SSSR count). The van der Waals surface area contributed by atoms with Crippen LogP contribution in [0.3, 0.4) is 0 Å². The van der Waals surface area contributed by atoms with E-state index in [2.05, 4.69) is 39.2 Å². The van der Waals surface area contributed by atoms with Gasteiger partial charge in [-0.15, -0.1) is 29.7 Å². The molecule has 0 fully saturated rings. The molecule has 0 amide bonds. The van der Waals surface area contributed by atoms with E-state index < -0.39 is 225 Å². The molecule has 0 saturated carbocycles. The predicted molar refractivity (Wildman–Crippen MR) is 411 cm³/mol. The van der Waals surface area contributed by atoms with Crippen molar-refractivity contribution in [2.45, 2.75) is 52.4 Å². The first kappa shape index (κ1) is 39.4. The number of aromatic nitrogens is 5. The molecule has 6 nitrogen and oxygen atoms in total. The van der Waals surface area contributed by atoms with Crippen LogP contribution in [-0.4, -0.2) is 26.8 Å². The molecule has 17 aromatic rings. The smallest absolute Gasteiger partial charge is 0.268 e. The van der Waals surface area contributed by atoms with Crippen LogP contribution in [-0.2, 0) is 31.9 Å². The Hall–Kier alpha value is -11.2. The van der Waals surface area contributed by atoms with Crippen LogP contribution in [0.2, 0.25) is 0 Å². The van der Waals surface area contributed by atoms with Crippen molar-refractivity contribution in [2.24, 2.45) is 0 Å². The maximum absolute atomic E-state index is 11.2. The van der Waals surface area contributed by atoms with E-state index in [9.17, 15) is 32.9 Å². The monoisotopic (exact) mass is 1510 g/mol. The van der Waals surface area contributed by atoms with Gasteiger partial charge in [0, 0.05) is 55.1 Å². The van der Waals surface area contributed by atoms with Gasteiger partial charge in [0.05, 0.1) is 70.5 Å². The van der Waals surface area contributed by atoms with Gasteiger partial charge in [0.15, 0.2) is 8.07 Å². The molecule has 8 heteroatoms. The van der Waals surface area contributed by atoms with Crippen LogP contribution < -0.4 is 30.1 Å². The fraction of sp³-hybridized carbons (Fsp3) is 0.0870. The number of para-hydroxylation sites is 3. The van der Waals surface area contributed by atoms with Gasteiger partial charge in [0.2, 0.25) is 0 Å². The number of ether oxygens (including phenoxy) is 1. The minimum absolute atomic E-state index is 0. The van der Waals surface area contributed by atoms with E-state index in [-0.39, 0.29) is 77.1 Å². The van der Waals surface area contributed by atoms with E-state index in [1.165, 1.54) is 16.7 Å². The molecule has 1 aliphatic heterocycles. The van der Waals surface area contributed by atoms with Gasteiger partial charge in [-0.05, 0) is 141 Å². The zero-order chi connectivity index (χ0) is 90.2. The topological polar surface area (TPSA) is 40.8 Å². The maximum Gasteiger partial charge on any atom is 0.268 e. The third-order valence-corrected chi connectivity index (χ3v) is 22.4. The quantitative estimate of drug-likeness (QED) is 0.0593. The average Bonchev–Trinajstić information content (AvgIpc) is 1.19. The number of hydrogen-bond acceptors (Lipinski definition) is 2. The molecule has 0 radical (unpaired) electrons. The minimum Gasteiger partial charge on any atom is -0.510 e. The molecule has 1 aliphatic rings. The Labute approximate surface area is 636 Å². The number of hydrogen-bond donors (Lipinski definition) is 0. The fourth-order valence-corrected chi connectivity index (χ4v) is 17.4. The van der Waals surface area contributed by atoms with Crippen LogP contribution in [0, 0.1) is 18.5 Å². The summed E-state index contributed by atoms with van der Waals surface area (Å²) in [6.07, 6.45) is 5.37. The molecule has 100 heavy (non-hydrogen) atoms. The van der Waals surface area contributed by atoms with E-state index >= 15 is 0 Å². The second-order valence-electron chi connectivity index (χ2n) is 26.3. The first-order chi connectivity index (χ1) is 59.6. The maximum atomic E-state index is 11.2.